The van der Waals surface area contributed by atoms with E-state index < -0.39 is 18.1 Å². The van der Waals surface area contributed by atoms with Crippen LogP contribution in [-0.2, 0) is 19.1 Å². The van der Waals surface area contributed by atoms with E-state index in [9.17, 15) is 19.2 Å². The van der Waals surface area contributed by atoms with Gasteiger partial charge in [0.2, 0.25) is 17.6 Å². The molecule has 1 heterocycles. The zero-order chi connectivity index (χ0) is 20.4. The Labute approximate surface area is 164 Å². The SMILES string of the molecule is COc1ccc(C(=O)[C@H](C)OC(=O)[C@H](C)N2C(=O)[C@H]3CCCC[C@@H]3C2=O)cc1. The molecule has 150 valence electrons. The second-order valence-corrected chi connectivity index (χ2v) is 7.39. The van der Waals surface area contributed by atoms with E-state index in [2.05, 4.69) is 0 Å². The number of benzene rings is 1. The van der Waals surface area contributed by atoms with E-state index in [-0.39, 0.29) is 29.4 Å². The highest BCUT2D eigenvalue weighted by Crippen LogP contribution is 2.39. The number of likely N-dealkylation sites (tertiary alicyclic amines) is 1. The molecule has 0 aromatic heterocycles. The van der Waals surface area contributed by atoms with E-state index >= 15 is 0 Å². The van der Waals surface area contributed by atoms with Crippen molar-refractivity contribution in [1.82, 2.24) is 4.90 Å². The van der Waals surface area contributed by atoms with Crippen molar-refractivity contribution in [2.45, 2.75) is 51.7 Å². The van der Waals surface area contributed by atoms with Crippen LogP contribution in [-0.4, -0.2) is 47.7 Å². The summed E-state index contributed by atoms with van der Waals surface area (Å²) in [6.07, 6.45) is 2.17. The molecular formula is C21H25NO6. The molecule has 1 saturated heterocycles. The first-order chi connectivity index (χ1) is 13.3. The molecule has 2 fully saturated rings. The van der Waals surface area contributed by atoms with Crippen LogP contribution in [0.3, 0.4) is 0 Å². The molecule has 2 aliphatic rings. The molecule has 1 aromatic carbocycles. The van der Waals surface area contributed by atoms with E-state index in [0.29, 0.717) is 24.2 Å². The van der Waals surface area contributed by atoms with Crippen LogP contribution in [0.25, 0.3) is 0 Å². The van der Waals surface area contributed by atoms with E-state index in [0.717, 1.165) is 17.7 Å². The third kappa shape index (κ3) is 3.66. The molecule has 1 aliphatic heterocycles. The number of methoxy groups -OCH3 is 1. The summed E-state index contributed by atoms with van der Waals surface area (Å²) in [6, 6.07) is 5.43. The lowest BCUT2D eigenvalue weighted by atomic mass is 9.81. The minimum absolute atomic E-state index is 0.298. The number of ketones is 1. The predicted octanol–water partition coefficient (Wildman–Crippen LogP) is 2.37. The van der Waals surface area contributed by atoms with E-state index in [1.54, 1.807) is 24.3 Å². The highest BCUT2D eigenvalue weighted by atomic mass is 16.5. The number of ether oxygens (including phenoxy) is 2. The second kappa shape index (κ2) is 8.12. The van der Waals surface area contributed by atoms with Gasteiger partial charge in [-0.1, -0.05) is 12.8 Å². The van der Waals surface area contributed by atoms with Gasteiger partial charge in [-0.2, -0.15) is 0 Å². The van der Waals surface area contributed by atoms with Crippen LogP contribution in [0.5, 0.6) is 5.75 Å². The summed E-state index contributed by atoms with van der Waals surface area (Å²) in [5.74, 6) is -1.75. The lowest BCUT2D eigenvalue weighted by molar-refractivity contribution is -0.159. The Hall–Kier alpha value is -2.70. The topological polar surface area (TPSA) is 90.0 Å². The van der Waals surface area contributed by atoms with E-state index in [1.165, 1.54) is 21.0 Å². The minimum Gasteiger partial charge on any atom is -0.497 e. The van der Waals surface area contributed by atoms with Crippen molar-refractivity contribution in [2.24, 2.45) is 11.8 Å². The first-order valence-electron chi connectivity index (χ1n) is 9.60. The third-order valence-corrected chi connectivity index (χ3v) is 5.64. The largest absolute Gasteiger partial charge is 0.497 e. The number of carbonyl (C=O) groups excluding carboxylic acids is 4. The van der Waals surface area contributed by atoms with Gasteiger partial charge in [0.05, 0.1) is 18.9 Å². The van der Waals surface area contributed by atoms with Gasteiger partial charge >= 0.3 is 5.97 Å². The number of carbonyl (C=O) groups is 4. The summed E-state index contributed by atoms with van der Waals surface area (Å²) in [5.41, 5.74) is 0.382. The van der Waals surface area contributed by atoms with Crippen molar-refractivity contribution < 1.29 is 28.7 Å². The fourth-order valence-electron chi connectivity index (χ4n) is 3.99. The van der Waals surface area contributed by atoms with Crippen LogP contribution >= 0.6 is 0 Å². The van der Waals surface area contributed by atoms with Crippen molar-refractivity contribution in [1.29, 1.82) is 0 Å². The van der Waals surface area contributed by atoms with Crippen LogP contribution in [0, 0.1) is 11.8 Å². The van der Waals surface area contributed by atoms with Crippen molar-refractivity contribution in [3.8, 4) is 5.75 Å². The molecule has 0 radical (unpaired) electrons. The van der Waals surface area contributed by atoms with Crippen LogP contribution < -0.4 is 4.74 Å². The van der Waals surface area contributed by atoms with E-state index in [4.69, 9.17) is 9.47 Å². The second-order valence-electron chi connectivity index (χ2n) is 7.39. The van der Waals surface area contributed by atoms with Crippen molar-refractivity contribution >= 4 is 23.6 Å². The Kier molecular flexibility index (Phi) is 5.82. The number of nitrogens with zero attached hydrogens (tertiary/aromatic N) is 1. The number of rotatable bonds is 6. The Morgan fingerprint density at radius 2 is 1.54 bits per heavy atom. The van der Waals surface area contributed by atoms with Crippen molar-refractivity contribution in [3.05, 3.63) is 29.8 Å². The first-order valence-corrected chi connectivity index (χ1v) is 9.60. The molecule has 2 amide bonds. The van der Waals surface area contributed by atoms with Gasteiger partial charge in [-0.05, 0) is 51.0 Å². The Morgan fingerprint density at radius 1 is 1.00 bits per heavy atom. The molecule has 0 bridgehead atoms. The predicted molar refractivity (Wildman–Crippen MR) is 99.6 cm³/mol. The Balaban J connectivity index is 1.65. The molecule has 1 aliphatic carbocycles. The number of amides is 2. The Morgan fingerprint density at radius 3 is 2.04 bits per heavy atom. The zero-order valence-electron chi connectivity index (χ0n) is 16.3. The maximum atomic E-state index is 12.6. The summed E-state index contributed by atoms with van der Waals surface area (Å²) in [6.45, 7) is 2.95. The molecule has 0 N–H and O–H groups in total. The van der Waals surface area contributed by atoms with E-state index in [1.807, 2.05) is 0 Å². The number of Topliss-reactive ketones (excluding diaryl/α,β-unsaturated/α-hetero) is 1. The lowest BCUT2D eigenvalue weighted by Gasteiger charge is -2.23. The standard InChI is InChI=1S/C21H25NO6/c1-12(22-19(24)16-6-4-5-7-17(16)20(22)25)21(26)28-13(2)18(23)14-8-10-15(27-3)11-9-14/h8-13,16-17H,4-7H2,1-3H3/t12-,13-,16-,17-/m0/s1. The normalized spacial score (nSPS) is 23.8. The highest BCUT2D eigenvalue weighted by Gasteiger charge is 2.51. The third-order valence-electron chi connectivity index (χ3n) is 5.64. The van der Waals surface area contributed by atoms with Gasteiger partial charge in [-0.3, -0.25) is 19.3 Å². The molecule has 28 heavy (non-hydrogen) atoms. The Bertz CT molecular complexity index is 763. The van der Waals surface area contributed by atoms with Gasteiger partial charge in [0.1, 0.15) is 11.8 Å². The smallest absolute Gasteiger partial charge is 0.329 e. The minimum atomic E-state index is -1.04. The van der Waals surface area contributed by atoms with Gasteiger partial charge < -0.3 is 9.47 Å². The number of fused-ring (bicyclic) bond motifs is 1. The molecule has 1 saturated carbocycles. The summed E-state index contributed by atoms with van der Waals surface area (Å²) in [4.78, 5) is 51.3. The summed E-state index contributed by atoms with van der Waals surface area (Å²) < 4.78 is 10.3. The van der Waals surface area contributed by atoms with Crippen LogP contribution in [0.4, 0.5) is 0 Å². The maximum absolute atomic E-state index is 12.6. The highest BCUT2D eigenvalue weighted by molar-refractivity contribution is 6.08. The number of hydrogen-bond acceptors (Lipinski definition) is 6. The van der Waals surface area contributed by atoms with Gasteiger partial charge in [0, 0.05) is 5.56 Å². The molecule has 7 nitrogen and oxygen atoms in total. The number of imide groups is 1. The zero-order valence-corrected chi connectivity index (χ0v) is 16.3. The van der Waals surface area contributed by atoms with Gasteiger partial charge in [0.15, 0.2) is 6.10 Å². The molecule has 1 aromatic rings. The maximum Gasteiger partial charge on any atom is 0.329 e. The molecule has 3 rings (SSSR count). The number of hydrogen-bond donors (Lipinski definition) is 0. The monoisotopic (exact) mass is 387 g/mol. The average molecular weight is 387 g/mol. The lowest BCUT2D eigenvalue weighted by Crippen LogP contribution is -2.45. The average Bonchev–Trinajstić information content (AvgIpc) is 2.97. The molecule has 0 spiro atoms. The molecule has 0 unspecified atom stereocenters. The first kappa shape index (κ1) is 20.0. The summed E-state index contributed by atoms with van der Waals surface area (Å²) in [7, 11) is 1.53. The summed E-state index contributed by atoms with van der Waals surface area (Å²) in [5, 5.41) is 0. The van der Waals surface area contributed by atoms with Gasteiger partial charge in [-0.25, -0.2) is 4.79 Å². The quantitative estimate of drug-likeness (QED) is 0.423. The van der Waals surface area contributed by atoms with Crippen molar-refractivity contribution in [3.63, 3.8) is 0 Å². The molecule has 7 heteroatoms. The molecular weight excluding hydrogens is 362 g/mol. The number of esters is 1. The van der Waals surface area contributed by atoms with Gasteiger partial charge in [0.25, 0.3) is 0 Å². The summed E-state index contributed by atoms with van der Waals surface area (Å²) >= 11 is 0. The molecule has 4 atom stereocenters. The van der Waals surface area contributed by atoms with Crippen molar-refractivity contribution in [2.75, 3.05) is 7.11 Å². The van der Waals surface area contributed by atoms with Crippen LogP contribution in [0.15, 0.2) is 24.3 Å². The van der Waals surface area contributed by atoms with Crippen LogP contribution in [0.2, 0.25) is 0 Å². The fraction of sp³-hybridized carbons (Fsp3) is 0.524. The fourth-order valence-corrected chi connectivity index (χ4v) is 3.99. The van der Waals surface area contributed by atoms with Crippen LogP contribution in [0.1, 0.15) is 49.9 Å². The van der Waals surface area contributed by atoms with Gasteiger partial charge in [-0.15, -0.1) is 0 Å².